The Hall–Kier alpha value is -1.19. The van der Waals surface area contributed by atoms with Gasteiger partial charge in [-0.1, -0.05) is 11.6 Å². The lowest BCUT2D eigenvalue weighted by molar-refractivity contribution is -0.117. The van der Waals surface area contributed by atoms with Gasteiger partial charge in [0.1, 0.15) is 0 Å². The summed E-state index contributed by atoms with van der Waals surface area (Å²) in [5.74, 6) is 0.564. The number of carbonyl (C=O) groups excluding carboxylic acids is 1. The van der Waals surface area contributed by atoms with Gasteiger partial charge in [0.05, 0.1) is 35.4 Å². The van der Waals surface area contributed by atoms with Crippen molar-refractivity contribution >= 4 is 33.2 Å². The second-order valence-corrected chi connectivity index (χ2v) is 10.2. The van der Waals surface area contributed by atoms with E-state index >= 15 is 0 Å². The van der Waals surface area contributed by atoms with Crippen molar-refractivity contribution < 1.29 is 17.9 Å². The molecule has 9 heteroatoms. The molecule has 4 rings (SSSR count). The van der Waals surface area contributed by atoms with Crippen LogP contribution in [0.5, 0.6) is 0 Å². The average Bonchev–Trinajstić information content (AvgIpc) is 3.57. The number of hydrogen-bond acceptors (Lipinski definition) is 5. The first-order valence-electron chi connectivity index (χ1n) is 9.85. The molecule has 2 saturated carbocycles. The highest BCUT2D eigenvalue weighted by Gasteiger charge is 2.34. The van der Waals surface area contributed by atoms with Crippen LogP contribution in [0.1, 0.15) is 25.7 Å². The quantitative estimate of drug-likeness (QED) is 0.687. The van der Waals surface area contributed by atoms with Gasteiger partial charge in [-0.25, -0.2) is 8.42 Å². The largest absolute Gasteiger partial charge is 0.379 e. The Bertz CT molecular complexity index is 834. The maximum absolute atomic E-state index is 12.8. The van der Waals surface area contributed by atoms with Gasteiger partial charge < -0.3 is 10.1 Å². The second kappa shape index (κ2) is 8.28. The van der Waals surface area contributed by atoms with Crippen LogP contribution < -0.4 is 5.32 Å². The van der Waals surface area contributed by atoms with Crippen LogP contribution in [0.2, 0.25) is 5.02 Å². The molecule has 0 radical (unpaired) electrons. The van der Waals surface area contributed by atoms with Gasteiger partial charge >= 0.3 is 0 Å². The first kappa shape index (κ1) is 20.1. The molecule has 154 valence electrons. The maximum Gasteiger partial charge on any atom is 0.243 e. The molecule has 0 unspecified atom stereocenters. The van der Waals surface area contributed by atoms with Crippen molar-refractivity contribution in [1.82, 2.24) is 9.21 Å². The number of nitrogens with one attached hydrogen (secondary N) is 1. The molecule has 1 amide bonds. The van der Waals surface area contributed by atoms with E-state index in [0.29, 0.717) is 49.6 Å². The van der Waals surface area contributed by atoms with Gasteiger partial charge in [-0.3, -0.25) is 9.69 Å². The summed E-state index contributed by atoms with van der Waals surface area (Å²) in [5.41, 5.74) is 0.336. The number of nitrogens with zero attached hydrogens (tertiary/aromatic N) is 2. The lowest BCUT2D eigenvalue weighted by Gasteiger charge is -2.26. The van der Waals surface area contributed by atoms with Crippen LogP contribution in [0.25, 0.3) is 0 Å². The summed E-state index contributed by atoms with van der Waals surface area (Å²) in [4.78, 5) is 15.0. The minimum atomic E-state index is -3.64. The first-order chi connectivity index (χ1) is 13.4. The van der Waals surface area contributed by atoms with Crippen molar-refractivity contribution in [2.75, 3.05) is 44.7 Å². The SMILES string of the molecule is O=C(CN(CC1CC1)C1CC1)Nc1cc(S(=O)(=O)N2CCOCC2)ccc1Cl. The minimum absolute atomic E-state index is 0.131. The van der Waals surface area contributed by atoms with Gasteiger partial charge in [-0.15, -0.1) is 0 Å². The van der Waals surface area contributed by atoms with E-state index in [4.69, 9.17) is 16.3 Å². The number of ether oxygens (including phenoxy) is 1. The highest BCUT2D eigenvalue weighted by Crippen LogP contribution is 2.35. The summed E-state index contributed by atoms with van der Waals surface area (Å²) in [5, 5.41) is 3.14. The Kier molecular flexibility index (Phi) is 5.94. The van der Waals surface area contributed by atoms with Gasteiger partial charge in [0, 0.05) is 25.7 Å². The third-order valence-corrected chi connectivity index (χ3v) is 7.64. The average molecular weight is 428 g/mol. The van der Waals surface area contributed by atoms with E-state index in [0.717, 1.165) is 25.3 Å². The van der Waals surface area contributed by atoms with Crippen LogP contribution in [0.4, 0.5) is 5.69 Å². The molecule has 1 aromatic rings. The molecule has 3 aliphatic rings. The number of morpholine rings is 1. The molecule has 7 nitrogen and oxygen atoms in total. The van der Waals surface area contributed by atoms with Crippen LogP contribution in [0, 0.1) is 5.92 Å². The lowest BCUT2D eigenvalue weighted by Crippen LogP contribution is -2.40. The fourth-order valence-corrected chi connectivity index (χ4v) is 5.08. The van der Waals surface area contributed by atoms with E-state index in [-0.39, 0.29) is 10.8 Å². The highest BCUT2D eigenvalue weighted by atomic mass is 35.5. The number of benzene rings is 1. The Balaban J connectivity index is 1.45. The molecule has 0 aromatic heterocycles. The molecular weight excluding hydrogens is 402 g/mol. The van der Waals surface area contributed by atoms with Gasteiger partial charge in [0.15, 0.2) is 0 Å². The van der Waals surface area contributed by atoms with Gasteiger partial charge in [0.25, 0.3) is 0 Å². The first-order valence-corrected chi connectivity index (χ1v) is 11.7. The molecule has 1 aliphatic heterocycles. The summed E-state index contributed by atoms with van der Waals surface area (Å²) in [6.07, 6.45) is 4.79. The number of halogens is 1. The van der Waals surface area contributed by atoms with Crippen molar-refractivity contribution in [3.05, 3.63) is 23.2 Å². The Labute approximate surface area is 171 Å². The van der Waals surface area contributed by atoms with Crippen molar-refractivity contribution in [3.8, 4) is 0 Å². The zero-order chi connectivity index (χ0) is 19.7. The summed E-state index contributed by atoms with van der Waals surface area (Å²) >= 11 is 6.23. The third-order valence-electron chi connectivity index (χ3n) is 5.42. The molecule has 1 heterocycles. The van der Waals surface area contributed by atoms with Crippen LogP contribution >= 0.6 is 11.6 Å². The van der Waals surface area contributed by atoms with Crippen LogP contribution in [-0.2, 0) is 19.6 Å². The predicted molar refractivity (Wildman–Crippen MR) is 107 cm³/mol. The van der Waals surface area contributed by atoms with Crippen molar-refractivity contribution in [2.24, 2.45) is 5.92 Å². The lowest BCUT2D eigenvalue weighted by atomic mass is 10.3. The number of anilines is 1. The van der Waals surface area contributed by atoms with Gasteiger partial charge in [-0.2, -0.15) is 4.31 Å². The van der Waals surface area contributed by atoms with E-state index in [2.05, 4.69) is 10.2 Å². The molecule has 1 N–H and O–H groups in total. The zero-order valence-corrected chi connectivity index (χ0v) is 17.3. The van der Waals surface area contributed by atoms with Crippen molar-refractivity contribution in [2.45, 2.75) is 36.6 Å². The molecule has 0 spiro atoms. The monoisotopic (exact) mass is 427 g/mol. The van der Waals surface area contributed by atoms with E-state index in [9.17, 15) is 13.2 Å². The summed E-state index contributed by atoms with van der Waals surface area (Å²) < 4.78 is 32.3. The fraction of sp³-hybridized carbons (Fsp3) is 0.632. The highest BCUT2D eigenvalue weighted by molar-refractivity contribution is 7.89. The molecule has 1 aromatic carbocycles. The number of carbonyl (C=O) groups is 1. The Morgan fingerprint density at radius 1 is 1.21 bits per heavy atom. The summed E-state index contributed by atoms with van der Waals surface area (Å²) in [7, 11) is -3.64. The van der Waals surface area contributed by atoms with Gasteiger partial charge in [-0.05, 0) is 49.8 Å². The zero-order valence-electron chi connectivity index (χ0n) is 15.8. The minimum Gasteiger partial charge on any atom is -0.379 e. The van der Waals surface area contributed by atoms with E-state index in [1.54, 1.807) is 0 Å². The summed E-state index contributed by atoms with van der Waals surface area (Å²) in [6, 6.07) is 4.96. The van der Waals surface area contributed by atoms with E-state index in [1.165, 1.54) is 35.3 Å². The maximum atomic E-state index is 12.8. The van der Waals surface area contributed by atoms with Gasteiger partial charge in [0.2, 0.25) is 15.9 Å². The smallest absolute Gasteiger partial charge is 0.243 e. The normalized spacial score (nSPS) is 21.1. The number of sulfonamides is 1. The predicted octanol–water partition coefficient (Wildman–Crippen LogP) is 2.17. The number of hydrogen-bond donors (Lipinski definition) is 1. The second-order valence-electron chi connectivity index (χ2n) is 7.81. The van der Waals surface area contributed by atoms with Crippen molar-refractivity contribution in [1.29, 1.82) is 0 Å². The standard InChI is InChI=1S/C19H26ClN3O4S/c20-17-6-5-16(28(25,26)23-7-9-27-10-8-23)11-18(17)21-19(24)13-22(15-3-4-15)12-14-1-2-14/h5-6,11,14-15H,1-4,7-10,12-13H2,(H,21,24). The van der Waals surface area contributed by atoms with E-state index < -0.39 is 10.0 Å². The number of rotatable bonds is 8. The molecule has 0 atom stereocenters. The third kappa shape index (κ3) is 4.86. The topological polar surface area (TPSA) is 79.0 Å². The van der Waals surface area contributed by atoms with Crippen LogP contribution in [0.3, 0.4) is 0 Å². The van der Waals surface area contributed by atoms with E-state index in [1.807, 2.05) is 0 Å². The molecule has 28 heavy (non-hydrogen) atoms. The molecule has 2 aliphatic carbocycles. The summed E-state index contributed by atoms with van der Waals surface area (Å²) in [6.45, 7) is 2.70. The fourth-order valence-electron chi connectivity index (χ4n) is 3.49. The number of amides is 1. The molecular formula is C19H26ClN3O4S. The van der Waals surface area contributed by atoms with Crippen LogP contribution in [0.15, 0.2) is 23.1 Å². The Morgan fingerprint density at radius 2 is 1.93 bits per heavy atom. The van der Waals surface area contributed by atoms with Crippen molar-refractivity contribution in [3.63, 3.8) is 0 Å². The molecule has 0 bridgehead atoms. The molecule has 1 saturated heterocycles. The van der Waals surface area contributed by atoms with Crippen LogP contribution in [-0.4, -0.2) is 69.0 Å². The Morgan fingerprint density at radius 3 is 2.57 bits per heavy atom. The molecule has 3 fully saturated rings.